The van der Waals surface area contributed by atoms with Crippen molar-refractivity contribution in [2.24, 2.45) is 0 Å². The number of aryl methyl sites for hydroxylation is 4. The molecule has 8 rings (SSSR count). The molecule has 0 aromatic heterocycles. The van der Waals surface area contributed by atoms with Gasteiger partial charge in [0.05, 0.1) is 0 Å². The molecular formula is C72H98. The second-order valence-electron chi connectivity index (χ2n) is 23.8. The summed E-state index contributed by atoms with van der Waals surface area (Å²) in [4.78, 5) is 0. The van der Waals surface area contributed by atoms with Gasteiger partial charge in [0.2, 0.25) is 0 Å². The first-order valence-corrected chi connectivity index (χ1v) is 30.5. The van der Waals surface area contributed by atoms with Crippen LogP contribution in [0, 0.1) is 41.5 Å². The van der Waals surface area contributed by atoms with E-state index >= 15 is 0 Å². The fourth-order valence-corrected chi connectivity index (χ4v) is 15.2. The third kappa shape index (κ3) is 10.6. The SMILES string of the molecule is CCCCCCCCC1(CCCCCCCC)c2cc(C)c3ccccc3c2-c2cc(C)c(-c3c(C)cc4c(c3C)C(CCCCCCCC)(CCCCCCCC)c3cc(C)c5ccccc5c3-4)c(C)c21. The van der Waals surface area contributed by atoms with E-state index in [9.17, 15) is 0 Å². The minimum atomic E-state index is 0.00598. The van der Waals surface area contributed by atoms with Crippen molar-refractivity contribution in [2.75, 3.05) is 0 Å². The Morgan fingerprint density at radius 3 is 0.875 bits per heavy atom. The van der Waals surface area contributed by atoms with Crippen LogP contribution >= 0.6 is 0 Å². The molecule has 72 heavy (non-hydrogen) atoms. The summed E-state index contributed by atoms with van der Waals surface area (Å²) in [5, 5.41) is 5.78. The van der Waals surface area contributed by atoms with E-state index < -0.39 is 0 Å². The molecule has 0 N–H and O–H groups in total. The number of benzene rings is 6. The van der Waals surface area contributed by atoms with E-state index in [1.165, 1.54) is 224 Å². The summed E-state index contributed by atoms with van der Waals surface area (Å²) in [5.41, 5.74) is 24.9. The average Bonchev–Trinajstić information content (AvgIpc) is 3.80. The van der Waals surface area contributed by atoms with Gasteiger partial charge in [-0.1, -0.05) is 255 Å². The van der Waals surface area contributed by atoms with Crippen molar-refractivity contribution in [1.82, 2.24) is 0 Å². The van der Waals surface area contributed by atoms with Crippen LogP contribution in [0.3, 0.4) is 0 Å². The molecule has 0 bridgehead atoms. The normalized spacial score (nSPS) is 14.1. The summed E-state index contributed by atoms with van der Waals surface area (Å²) in [5.74, 6) is 0. The third-order valence-electron chi connectivity index (χ3n) is 18.7. The number of unbranched alkanes of at least 4 members (excludes halogenated alkanes) is 20. The van der Waals surface area contributed by atoms with Crippen LogP contribution in [0.5, 0.6) is 0 Å². The van der Waals surface area contributed by atoms with Crippen molar-refractivity contribution in [3.8, 4) is 33.4 Å². The maximum absolute atomic E-state index is 2.71. The molecule has 0 saturated heterocycles. The first-order valence-electron chi connectivity index (χ1n) is 30.5. The van der Waals surface area contributed by atoms with Gasteiger partial charge in [0.15, 0.2) is 0 Å². The molecule has 2 aliphatic carbocycles. The summed E-state index contributed by atoms with van der Waals surface area (Å²) in [6, 6.07) is 29.6. The zero-order valence-electron chi connectivity index (χ0n) is 47.7. The fourth-order valence-electron chi connectivity index (χ4n) is 15.2. The Balaban J connectivity index is 1.36. The van der Waals surface area contributed by atoms with Gasteiger partial charge < -0.3 is 0 Å². The molecule has 0 unspecified atom stereocenters. The maximum atomic E-state index is 2.71. The van der Waals surface area contributed by atoms with Gasteiger partial charge in [-0.25, -0.2) is 0 Å². The first kappa shape index (κ1) is 54.1. The van der Waals surface area contributed by atoms with Crippen LogP contribution in [0.4, 0.5) is 0 Å². The summed E-state index contributed by atoms with van der Waals surface area (Å²) in [6.07, 6.45) is 37.1. The molecule has 6 aromatic carbocycles. The predicted molar refractivity (Wildman–Crippen MR) is 320 cm³/mol. The summed E-state index contributed by atoms with van der Waals surface area (Å²) >= 11 is 0. The van der Waals surface area contributed by atoms with E-state index in [0.29, 0.717) is 0 Å². The molecule has 0 fully saturated rings. The molecule has 0 heteroatoms. The second kappa shape index (κ2) is 24.9. The number of hydrogen-bond acceptors (Lipinski definition) is 0. The highest BCUT2D eigenvalue weighted by atomic mass is 14.5. The van der Waals surface area contributed by atoms with Gasteiger partial charge in [0.25, 0.3) is 0 Å². The molecule has 0 atom stereocenters. The van der Waals surface area contributed by atoms with E-state index in [4.69, 9.17) is 0 Å². The van der Waals surface area contributed by atoms with Gasteiger partial charge in [0.1, 0.15) is 0 Å². The monoisotopic (exact) mass is 963 g/mol. The van der Waals surface area contributed by atoms with E-state index in [-0.39, 0.29) is 10.8 Å². The van der Waals surface area contributed by atoms with Gasteiger partial charge >= 0.3 is 0 Å². The molecule has 6 aromatic rings. The summed E-state index contributed by atoms with van der Waals surface area (Å²) in [6.45, 7) is 24.4. The van der Waals surface area contributed by atoms with Crippen LogP contribution in [0.1, 0.15) is 263 Å². The number of hydrogen-bond donors (Lipinski definition) is 0. The van der Waals surface area contributed by atoms with Crippen LogP contribution < -0.4 is 0 Å². The minimum Gasteiger partial charge on any atom is -0.0654 e. The van der Waals surface area contributed by atoms with E-state index in [2.05, 4.69) is 142 Å². The highest BCUT2D eigenvalue weighted by Crippen LogP contribution is 2.62. The Morgan fingerprint density at radius 2 is 0.569 bits per heavy atom. The largest absolute Gasteiger partial charge is 0.0654 e. The fraction of sp³-hybridized carbons (Fsp3) is 0.556. The quantitative estimate of drug-likeness (QED) is 0.0411. The van der Waals surface area contributed by atoms with E-state index in [1.54, 1.807) is 66.8 Å². The van der Waals surface area contributed by atoms with Gasteiger partial charge in [-0.15, -0.1) is 0 Å². The zero-order chi connectivity index (χ0) is 50.8. The second-order valence-corrected chi connectivity index (χ2v) is 23.8. The highest BCUT2D eigenvalue weighted by Gasteiger charge is 2.48. The summed E-state index contributed by atoms with van der Waals surface area (Å²) in [7, 11) is 0. The standard InChI is InChI=1S/C72H98/c1-11-15-19-23-27-35-43-71(44-36-28-24-20-16-12-2)63-49-51(5)57-39-31-33-41-59(57)67(63)61-47-53(7)65(55(9)69(61)71)66-54(8)48-62-68-60-42-34-32-40-58(60)52(6)50-64(68)72(70(62)56(66)10,45-37-29-25-21-17-13-3)46-38-30-26-22-18-14-4/h31-34,39-42,47-50H,11-30,35-38,43-46H2,1-10H3. The van der Waals surface area contributed by atoms with Crippen molar-refractivity contribution in [2.45, 2.75) is 260 Å². The van der Waals surface area contributed by atoms with Crippen molar-refractivity contribution in [3.05, 3.63) is 128 Å². The lowest BCUT2D eigenvalue weighted by Gasteiger charge is -2.37. The molecule has 0 spiro atoms. The Bertz CT molecular complexity index is 2550. The van der Waals surface area contributed by atoms with Crippen LogP contribution in [0.25, 0.3) is 54.9 Å². The van der Waals surface area contributed by atoms with Gasteiger partial charge in [0, 0.05) is 10.8 Å². The number of fused-ring (bicyclic) bond motifs is 10. The topological polar surface area (TPSA) is 0 Å². The summed E-state index contributed by atoms with van der Waals surface area (Å²) < 4.78 is 0. The van der Waals surface area contributed by atoms with E-state index in [0.717, 1.165) is 0 Å². The Morgan fingerprint density at radius 1 is 0.292 bits per heavy atom. The lowest BCUT2D eigenvalue weighted by atomic mass is 9.66. The smallest absolute Gasteiger partial charge is 0.0218 e. The van der Waals surface area contributed by atoms with Crippen molar-refractivity contribution in [1.29, 1.82) is 0 Å². The molecular weight excluding hydrogens is 865 g/mol. The van der Waals surface area contributed by atoms with Gasteiger partial charge in [-0.05, 0) is 178 Å². The highest BCUT2D eigenvalue weighted by molar-refractivity contribution is 6.07. The lowest BCUT2D eigenvalue weighted by molar-refractivity contribution is 0.396. The van der Waals surface area contributed by atoms with Crippen molar-refractivity contribution in [3.63, 3.8) is 0 Å². The lowest BCUT2D eigenvalue weighted by Crippen LogP contribution is -2.28. The van der Waals surface area contributed by atoms with Crippen LogP contribution in [0.15, 0.2) is 72.8 Å². The molecule has 0 saturated carbocycles. The van der Waals surface area contributed by atoms with Crippen molar-refractivity contribution >= 4 is 21.5 Å². The molecule has 386 valence electrons. The van der Waals surface area contributed by atoms with Crippen molar-refractivity contribution < 1.29 is 0 Å². The molecule has 0 nitrogen and oxygen atoms in total. The van der Waals surface area contributed by atoms with E-state index in [1.807, 2.05) is 0 Å². The number of rotatable bonds is 29. The third-order valence-corrected chi connectivity index (χ3v) is 18.7. The van der Waals surface area contributed by atoms with Crippen LogP contribution in [-0.4, -0.2) is 0 Å². The first-order chi connectivity index (χ1) is 35.1. The van der Waals surface area contributed by atoms with Gasteiger partial charge in [-0.3, -0.25) is 0 Å². The molecule has 0 aliphatic heterocycles. The zero-order valence-corrected chi connectivity index (χ0v) is 47.7. The maximum Gasteiger partial charge on any atom is 0.0218 e. The predicted octanol–water partition coefficient (Wildman–Crippen LogP) is 23.0. The Kier molecular flexibility index (Phi) is 18.7. The van der Waals surface area contributed by atoms with Crippen LogP contribution in [0.2, 0.25) is 0 Å². The average molecular weight is 964 g/mol. The molecule has 2 aliphatic rings. The minimum absolute atomic E-state index is 0.00598. The molecule has 0 radical (unpaired) electrons. The van der Waals surface area contributed by atoms with Gasteiger partial charge in [-0.2, -0.15) is 0 Å². The molecule has 0 heterocycles. The Hall–Kier alpha value is -4.16. The van der Waals surface area contributed by atoms with Crippen LogP contribution in [-0.2, 0) is 10.8 Å². The molecule has 0 amide bonds. The Labute approximate surface area is 441 Å².